The van der Waals surface area contributed by atoms with Gasteiger partial charge in [-0.2, -0.15) is 0 Å². The molecular weight excluding hydrogens is 224 g/mol. The van der Waals surface area contributed by atoms with Crippen LogP contribution >= 0.6 is 24.0 Å². The van der Waals surface area contributed by atoms with E-state index in [1.54, 1.807) is 11.8 Å². The van der Waals surface area contributed by atoms with Crippen LogP contribution in [0.3, 0.4) is 0 Å². The number of ether oxygens (including phenoxy) is 1. The van der Waals surface area contributed by atoms with Crippen molar-refractivity contribution in [1.82, 2.24) is 0 Å². The van der Waals surface area contributed by atoms with E-state index in [0.717, 1.165) is 12.2 Å². The second-order valence-electron chi connectivity index (χ2n) is 3.61. The highest BCUT2D eigenvalue weighted by Gasteiger charge is 2.04. The molecule has 0 aromatic rings. The van der Waals surface area contributed by atoms with Crippen molar-refractivity contribution in [3.05, 3.63) is 12.7 Å². The van der Waals surface area contributed by atoms with Crippen LogP contribution in [0, 0.1) is 0 Å². The van der Waals surface area contributed by atoms with Gasteiger partial charge in [-0.25, -0.2) is 0 Å². The third-order valence-electron chi connectivity index (χ3n) is 2.01. The van der Waals surface area contributed by atoms with Gasteiger partial charge in [-0.05, 0) is 25.6 Å². The Morgan fingerprint density at radius 1 is 1.47 bits per heavy atom. The fourth-order valence-electron chi connectivity index (χ4n) is 1.17. The Bertz CT molecular complexity index is 180. The summed E-state index contributed by atoms with van der Waals surface area (Å²) >= 11 is 6.78. The van der Waals surface area contributed by atoms with Crippen LogP contribution < -0.4 is 0 Å². The highest BCUT2D eigenvalue weighted by molar-refractivity contribution is 8.22. The Morgan fingerprint density at radius 2 is 2.20 bits per heavy atom. The van der Waals surface area contributed by atoms with E-state index in [-0.39, 0.29) is 6.10 Å². The second kappa shape index (κ2) is 10.5. The van der Waals surface area contributed by atoms with Gasteiger partial charge in [0.2, 0.25) is 4.38 Å². The van der Waals surface area contributed by atoms with Crippen LogP contribution in [0.4, 0.5) is 0 Å². The molecule has 0 aliphatic heterocycles. The third kappa shape index (κ3) is 10.3. The number of hydrogen-bond acceptors (Lipinski definition) is 3. The van der Waals surface area contributed by atoms with Crippen LogP contribution in [0.1, 0.15) is 46.0 Å². The molecular formula is C12H22OS2. The third-order valence-corrected chi connectivity index (χ3v) is 3.29. The van der Waals surface area contributed by atoms with Crippen LogP contribution in [-0.2, 0) is 4.74 Å². The maximum absolute atomic E-state index is 5.52. The molecule has 1 unspecified atom stereocenters. The Balaban J connectivity index is 3.36. The lowest BCUT2D eigenvalue weighted by Gasteiger charge is -2.12. The van der Waals surface area contributed by atoms with Crippen LogP contribution in [0.15, 0.2) is 12.7 Å². The molecule has 3 heteroatoms. The van der Waals surface area contributed by atoms with Crippen molar-refractivity contribution < 1.29 is 4.74 Å². The van der Waals surface area contributed by atoms with E-state index in [9.17, 15) is 0 Å². The van der Waals surface area contributed by atoms with Gasteiger partial charge in [0.1, 0.15) is 6.10 Å². The Morgan fingerprint density at radius 3 is 2.80 bits per heavy atom. The zero-order chi connectivity index (χ0) is 11.5. The van der Waals surface area contributed by atoms with Gasteiger partial charge in [0, 0.05) is 12.2 Å². The highest BCUT2D eigenvalue weighted by atomic mass is 32.2. The molecule has 0 saturated heterocycles. The molecule has 0 amide bonds. The monoisotopic (exact) mass is 246 g/mol. The van der Waals surface area contributed by atoms with Gasteiger partial charge in [0.25, 0.3) is 0 Å². The first-order chi connectivity index (χ1) is 7.20. The lowest BCUT2D eigenvalue weighted by molar-refractivity contribution is 0.225. The first-order valence-corrected chi connectivity index (χ1v) is 7.04. The zero-order valence-corrected chi connectivity index (χ0v) is 11.5. The van der Waals surface area contributed by atoms with Gasteiger partial charge in [-0.3, -0.25) is 0 Å². The van der Waals surface area contributed by atoms with Crippen LogP contribution in [0.5, 0.6) is 0 Å². The van der Waals surface area contributed by atoms with Crippen molar-refractivity contribution in [2.75, 3.05) is 5.75 Å². The maximum Gasteiger partial charge on any atom is 0.220 e. The summed E-state index contributed by atoms with van der Waals surface area (Å²) in [5.74, 6) is 1.08. The highest BCUT2D eigenvalue weighted by Crippen LogP contribution is 2.13. The molecule has 0 spiro atoms. The summed E-state index contributed by atoms with van der Waals surface area (Å²) in [6.45, 7) is 7.91. The van der Waals surface area contributed by atoms with Crippen molar-refractivity contribution >= 4 is 28.4 Å². The first-order valence-electron chi connectivity index (χ1n) is 5.65. The predicted molar refractivity (Wildman–Crippen MR) is 74.6 cm³/mol. The predicted octanol–water partition coefficient (Wildman–Crippen LogP) is 4.57. The first kappa shape index (κ1) is 15.0. The Hall–Kier alpha value is -0.0200. The van der Waals surface area contributed by atoms with E-state index < -0.39 is 0 Å². The van der Waals surface area contributed by atoms with Crippen molar-refractivity contribution in [2.24, 2.45) is 0 Å². The molecule has 0 saturated carbocycles. The fraction of sp³-hybridized carbons (Fsp3) is 0.750. The number of rotatable bonds is 8. The van der Waals surface area contributed by atoms with Gasteiger partial charge in [-0.1, -0.05) is 44.0 Å². The van der Waals surface area contributed by atoms with Gasteiger partial charge in [0.15, 0.2) is 0 Å². The van der Waals surface area contributed by atoms with Gasteiger partial charge in [-0.15, -0.1) is 6.58 Å². The molecule has 0 aliphatic carbocycles. The summed E-state index contributed by atoms with van der Waals surface area (Å²) in [6, 6.07) is 0. The van der Waals surface area contributed by atoms with Crippen molar-refractivity contribution in [3.8, 4) is 0 Å². The standard InChI is InChI=1S/C12H22OS2/c1-4-6-7-8-10-15-12(14)13-11(3)9-5-2/h5,11H,2,4,6-10H2,1,3H3. The topological polar surface area (TPSA) is 9.23 Å². The lowest BCUT2D eigenvalue weighted by atomic mass is 10.2. The minimum atomic E-state index is 0.165. The molecule has 88 valence electrons. The quantitative estimate of drug-likeness (QED) is 0.353. The smallest absolute Gasteiger partial charge is 0.220 e. The second-order valence-corrected chi connectivity index (χ2v) is 5.31. The molecule has 0 rings (SSSR count). The van der Waals surface area contributed by atoms with E-state index in [1.165, 1.54) is 25.7 Å². The number of hydrogen-bond donors (Lipinski definition) is 0. The van der Waals surface area contributed by atoms with Crippen LogP contribution in [0.2, 0.25) is 0 Å². The van der Waals surface area contributed by atoms with Crippen molar-refractivity contribution in [3.63, 3.8) is 0 Å². The Kier molecular flexibility index (Phi) is 10.5. The Labute approximate surface area is 104 Å². The normalized spacial score (nSPS) is 12.1. The van der Waals surface area contributed by atoms with E-state index in [1.807, 2.05) is 13.0 Å². The van der Waals surface area contributed by atoms with Gasteiger partial charge in [0.05, 0.1) is 0 Å². The SMILES string of the molecule is C=CCC(C)OC(=S)SCCCCCC. The average Bonchev–Trinajstić information content (AvgIpc) is 2.17. The molecule has 0 fully saturated rings. The number of thioether (sulfide) groups is 1. The summed E-state index contributed by atoms with van der Waals surface area (Å²) in [4.78, 5) is 0. The molecule has 0 aromatic heterocycles. The van der Waals surface area contributed by atoms with E-state index in [4.69, 9.17) is 17.0 Å². The van der Waals surface area contributed by atoms with Crippen molar-refractivity contribution in [2.45, 2.75) is 52.1 Å². The summed E-state index contributed by atoms with van der Waals surface area (Å²) < 4.78 is 6.20. The number of unbranched alkanes of at least 4 members (excludes halogenated alkanes) is 3. The van der Waals surface area contributed by atoms with Crippen LogP contribution in [-0.4, -0.2) is 16.2 Å². The zero-order valence-electron chi connectivity index (χ0n) is 9.83. The summed E-state index contributed by atoms with van der Waals surface area (Å²) in [5, 5.41) is 0. The molecule has 0 N–H and O–H groups in total. The van der Waals surface area contributed by atoms with E-state index in [0.29, 0.717) is 4.38 Å². The summed E-state index contributed by atoms with van der Waals surface area (Å²) in [5.41, 5.74) is 0. The molecule has 0 heterocycles. The van der Waals surface area contributed by atoms with E-state index >= 15 is 0 Å². The van der Waals surface area contributed by atoms with Crippen LogP contribution in [0.25, 0.3) is 0 Å². The fourth-order valence-corrected chi connectivity index (χ4v) is 2.33. The lowest BCUT2D eigenvalue weighted by Crippen LogP contribution is -2.10. The summed E-state index contributed by atoms with van der Waals surface area (Å²) in [6.07, 6.45) is 8.02. The molecule has 0 bridgehead atoms. The van der Waals surface area contributed by atoms with Gasteiger partial charge >= 0.3 is 0 Å². The largest absolute Gasteiger partial charge is 0.475 e. The van der Waals surface area contributed by atoms with Gasteiger partial charge < -0.3 is 4.74 Å². The minimum absolute atomic E-state index is 0.165. The summed E-state index contributed by atoms with van der Waals surface area (Å²) in [7, 11) is 0. The molecule has 1 atom stereocenters. The van der Waals surface area contributed by atoms with Crippen molar-refractivity contribution in [1.29, 1.82) is 0 Å². The average molecular weight is 246 g/mol. The minimum Gasteiger partial charge on any atom is -0.475 e. The molecule has 0 radical (unpaired) electrons. The molecule has 1 nitrogen and oxygen atoms in total. The molecule has 15 heavy (non-hydrogen) atoms. The molecule has 0 aliphatic rings. The molecule has 0 aromatic carbocycles. The maximum atomic E-state index is 5.52. The number of thiocarbonyl (C=S) groups is 1. The van der Waals surface area contributed by atoms with E-state index in [2.05, 4.69) is 13.5 Å².